The highest BCUT2D eigenvalue weighted by Gasteiger charge is 2.09. The Morgan fingerprint density at radius 1 is 1.50 bits per heavy atom. The number of ether oxygens (including phenoxy) is 1. The predicted octanol–water partition coefficient (Wildman–Crippen LogP) is 1.43. The molecule has 16 heavy (non-hydrogen) atoms. The number of hydrogen-bond acceptors (Lipinski definition) is 3. The normalized spacial score (nSPS) is 9.94. The number of nitrogens with two attached hydrogens (primary N) is 1. The first-order valence-corrected chi connectivity index (χ1v) is 5.28. The maximum atomic E-state index is 11.5. The highest BCUT2D eigenvalue weighted by atomic mass is 16.5. The van der Waals surface area contributed by atoms with Crippen LogP contribution >= 0.6 is 0 Å². The summed E-state index contributed by atoms with van der Waals surface area (Å²) >= 11 is 0. The number of amides is 1. The van der Waals surface area contributed by atoms with Crippen molar-refractivity contribution in [2.24, 2.45) is 0 Å². The Morgan fingerprint density at radius 2 is 2.19 bits per heavy atom. The van der Waals surface area contributed by atoms with E-state index in [1.807, 2.05) is 26.0 Å². The summed E-state index contributed by atoms with van der Waals surface area (Å²) in [5, 5.41) is 0. The first kappa shape index (κ1) is 12.4. The number of carbonyl (C=O) groups is 1. The lowest BCUT2D eigenvalue weighted by Gasteiger charge is -2.15. The van der Waals surface area contributed by atoms with Crippen molar-refractivity contribution in [2.45, 2.75) is 13.8 Å². The number of anilines is 1. The third kappa shape index (κ3) is 2.89. The smallest absolute Gasteiger partial charge is 0.260 e. The molecule has 0 saturated heterocycles. The number of likely N-dealkylation sites (N-methyl/N-ethyl adjacent to an activating group) is 1. The van der Waals surface area contributed by atoms with Gasteiger partial charge in [0.15, 0.2) is 6.61 Å². The highest BCUT2D eigenvalue weighted by Crippen LogP contribution is 2.24. The van der Waals surface area contributed by atoms with Gasteiger partial charge in [-0.25, -0.2) is 0 Å². The van der Waals surface area contributed by atoms with E-state index in [9.17, 15) is 4.79 Å². The summed E-state index contributed by atoms with van der Waals surface area (Å²) in [5.74, 6) is 0.515. The molecule has 0 heterocycles. The van der Waals surface area contributed by atoms with Crippen LogP contribution in [-0.2, 0) is 4.79 Å². The molecule has 0 unspecified atom stereocenters. The first-order valence-electron chi connectivity index (χ1n) is 5.28. The molecule has 0 bridgehead atoms. The number of benzene rings is 1. The number of nitrogen functional groups attached to an aromatic ring is 1. The fourth-order valence-corrected chi connectivity index (χ4v) is 1.21. The maximum Gasteiger partial charge on any atom is 0.260 e. The van der Waals surface area contributed by atoms with Crippen LogP contribution in [0.15, 0.2) is 18.2 Å². The van der Waals surface area contributed by atoms with Crippen LogP contribution in [0.2, 0.25) is 0 Å². The average Bonchev–Trinajstić information content (AvgIpc) is 2.29. The van der Waals surface area contributed by atoms with Crippen LogP contribution in [0.1, 0.15) is 12.5 Å². The van der Waals surface area contributed by atoms with Gasteiger partial charge in [0.05, 0.1) is 5.69 Å². The molecule has 0 spiro atoms. The second-order valence-corrected chi connectivity index (χ2v) is 3.68. The quantitative estimate of drug-likeness (QED) is 0.784. The van der Waals surface area contributed by atoms with Crippen LogP contribution in [-0.4, -0.2) is 31.0 Å². The summed E-state index contributed by atoms with van der Waals surface area (Å²) in [6, 6.07) is 5.53. The zero-order valence-corrected chi connectivity index (χ0v) is 9.99. The second-order valence-electron chi connectivity index (χ2n) is 3.68. The fraction of sp³-hybridized carbons (Fsp3) is 0.417. The summed E-state index contributed by atoms with van der Waals surface area (Å²) in [5.41, 5.74) is 7.37. The molecule has 0 fully saturated rings. The van der Waals surface area contributed by atoms with E-state index in [2.05, 4.69) is 0 Å². The Hall–Kier alpha value is -1.71. The topological polar surface area (TPSA) is 55.6 Å². The molecule has 1 rings (SSSR count). The number of carbonyl (C=O) groups excluding carboxylic acids is 1. The molecular weight excluding hydrogens is 204 g/mol. The standard InChI is InChI=1S/C12H18N2O2/c1-4-14(3)11(15)8-16-10-7-5-6-9(2)12(10)13/h5-7H,4,8,13H2,1-3H3. The van der Waals surface area contributed by atoms with E-state index >= 15 is 0 Å². The van der Waals surface area contributed by atoms with Crippen molar-refractivity contribution in [1.82, 2.24) is 4.90 Å². The van der Waals surface area contributed by atoms with Gasteiger partial charge in [-0.1, -0.05) is 12.1 Å². The molecule has 0 aromatic heterocycles. The second kappa shape index (κ2) is 5.39. The van der Waals surface area contributed by atoms with Crippen molar-refractivity contribution in [3.05, 3.63) is 23.8 Å². The Bertz CT molecular complexity index is 377. The lowest BCUT2D eigenvalue weighted by molar-refractivity contribution is -0.131. The number of nitrogens with zero attached hydrogens (tertiary/aromatic N) is 1. The summed E-state index contributed by atoms with van der Waals surface area (Å²) in [6.07, 6.45) is 0. The van der Waals surface area contributed by atoms with Crippen molar-refractivity contribution in [3.8, 4) is 5.75 Å². The van der Waals surface area contributed by atoms with Gasteiger partial charge in [0.25, 0.3) is 5.91 Å². The SMILES string of the molecule is CCN(C)C(=O)COc1cccc(C)c1N. The highest BCUT2D eigenvalue weighted by molar-refractivity contribution is 5.77. The summed E-state index contributed by atoms with van der Waals surface area (Å²) in [4.78, 5) is 13.1. The van der Waals surface area contributed by atoms with E-state index < -0.39 is 0 Å². The predicted molar refractivity (Wildman–Crippen MR) is 64.4 cm³/mol. The summed E-state index contributed by atoms with van der Waals surface area (Å²) in [7, 11) is 1.74. The number of rotatable bonds is 4. The van der Waals surface area contributed by atoms with E-state index in [1.54, 1.807) is 18.0 Å². The van der Waals surface area contributed by atoms with E-state index in [0.717, 1.165) is 5.56 Å². The molecule has 88 valence electrons. The van der Waals surface area contributed by atoms with Crippen molar-refractivity contribution >= 4 is 11.6 Å². The molecule has 1 aromatic carbocycles. The van der Waals surface area contributed by atoms with Crippen molar-refractivity contribution in [2.75, 3.05) is 25.9 Å². The lowest BCUT2D eigenvalue weighted by Crippen LogP contribution is -2.31. The minimum Gasteiger partial charge on any atom is -0.482 e. The van der Waals surface area contributed by atoms with Gasteiger partial charge < -0.3 is 15.4 Å². The molecule has 2 N–H and O–H groups in total. The number of aryl methyl sites for hydroxylation is 1. The van der Waals surface area contributed by atoms with Crippen LogP contribution in [0.3, 0.4) is 0 Å². The minimum absolute atomic E-state index is 0.0258. The zero-order valence-electron chi connectivity index (χ0n) is 9.99. The van der Waals surface area contributed by atoms with Crippen molar-refractivity contribution in [3.63, 3.8) is 0 Å². The monoisotopic (exact) mass is 222 g/mol. The molecule has 4 nitrogen and oxygen atoms in total. The van der Waals surface area contributed by atoms with Crippen LogP contribution in [0.4, 0.5) is 5.69 Å². The molecular formula is C12H18N2O2. The third-order valence-electron chi connectivity index (χ3n) is 2.54. The van der Waals surface area contributed by atoms with Gasteiger partial charge in [0.2, 0.25) is 0 Å². The van der Waals surface area contributed by atoms with Gasteiger partial charge in [-0.2, -0.15) is 0 Å². The molecule has 0 aliphatic carbocycles. The lowest BCUT2D eigenvalue weighted by atomic mass is 10.2. The van der Waals surface area contributed by atoms with Crippen LogP contribution in [0.25, 0.3) is 0 Å². The van der Waals surface area contributed by atoms with Gasteiger partial charge in [-0.3, -0.25) is 4.79 Å². The van der Waals surface area contributed by atoms with Gasteiger partial charge in [-0.15, -0.1) is 0 Å². The van der Waals surface area contributed by atoms with Crippen LogP contribution in [0.5, 0.6) is 5.75 Å². The molecule has 4 heteroatoms. The minimum atomic E-state index is -0.0524. The van der Waals surface area contributed by atoms with Crippen LogP contribution < -0.4 is 10.5 Å². The van der Waals surface area contributed by atoms with E-state index in [1.165, 1.54) is 0 Å². The molecule has 0 radical (unpaired) electrons. The van der Waals surface area contributed by atoms with Crippen molar-refractivity contribution < 1.29 is 9.53 Å². The zero-order chi connectivity index (χ0) is 12.1. The molecule has 0 saturated carbocycles. The van der Waals surface area contributed by atoms with E-state index in [-0.39, 0.29) is 12.5 Å². The average molecular weight is 222 g/mol. The molecule has 0 aliphatic heterocycles. The van der Waals surface area contributed by atoms with Crippen molar-refractivity contribution in [1.29, 1.82) is 0 Å². The van der Waals surface area contributed by atoms with Crippen LogP contribution in [0, 0.1) is 6.92 Å². The van der Waals surface area contributed by atoms with Gasteiger partial charge in [-0.05, 0) is 25.5 Å². The van der Waals surface area contributed by atoms with Gasteiger partial charge in [0, 0.05) is 13.6 Å². The fourth-order valence-electron chi connectivity index (χ4n) is 1.21. The third-order valence-corrected chi connectivity index (χ3v) is 2.54. The summed E-state index contributed by atoms with van der Waals surface area (Å²) < 4.78 is 5.39. The molecule has 1 amide bonds. The maximum absolute atomic E-state index is 11.5. The molecule has 1 aromatic rings. The molecule has 0 atom stereocenters. The Morgan fingerprint density at radius 3 is 2.81 bits per heavy atom. The Kier molecular flexibility index (Phi) is 4.17. The van der Waals surface area contributed by atoms with E-state index in [4.69, 9.17) is 10.5 Å². The number of para-hydroxylation sites is 1. The van der Waals surface area contributed by atoms with Gasteiger partial charge in [0.1, 0.15) is 5.75 Å². The van der Waals surface area contributed by atoms with Gasteiger partial charge >= 0.3 is 0 Å². The van der Waals surface area contributed by atoms with E-state index in [0.29, 0.717) is 18.0 Å². The first-order chi connectivity index (χ1) is 7.56. The molecule has 0 aliphatic rings. The number of hydrogen-bond donors (Lipinski definition) is 1. The Balaban J connectivity index is 2.61. The largest absolute Gasteiger partial charge is 0.482 e. The Labute approximate surface area is 96.0 Å². The summed E-state index contributed by atoms with van der Waals surface area (Å²) in [6.45, 7) is 4.52.